The van der Waals surface area contributed by atoms with Gasteiger partial charge < -0.3 is 0 Å². The summed E-state index contributed by atoms with van der Waals surface area (Å²) < 4.78 is 0. The molecule has 2 aromatic rings. The number of anilines is 1. The number of carbonyl (C=O) groups excluding carboxylic acids is 1. The zero-order valence-electron chi connectivity index (χ0n) is 10.3. The maximum absolute atomic E-state index is 11.6. The normalized spacial score (nSPS) is 10.5. The van der Waals surface area contributed by atoms with Crippen LogP contribution in [0.15, 0.2) is 66.9 Å². The van der Waals surface area contributed by atoms with Crippen LogP contribution in [0.5, 0.6) is 0 Å². The molecule has 0 aliphatic rings. The Kier molecular flexibility index (Phi) is 3.92. The van der Waals surface area contributed by atoms with Crippen molar-refractivity contribution in [3.63, 3.8) is 0 Å². The number of hydrogen-bond donors (Lipinski definition) is 0. The van der Waals surface area contributed by atoms with Gasteiger partial charge in [-0.3, -0.25) is 9.69 Å². The highest BCUT2D eigenvalue weighted by atomic mass is 16.2. The lowest BCUT2D eigenvalue weighted by Crippen LogP contribution is -2.21. The lowest BCUT2D eigenvalue weighted by Gasteiger charge is -2.16. The molecule has 2 heteroatoms. The third kappa shape index (κ3) is 3.08. The fraction of sp³-hybridized carbons (Fsp3) is 0.0625. The van der Waals surface area contributed by atoms with Crippen LogP contribution in [0.3, 0.4) is 0 Å². The minimum atomic E-state index is -0.00613. The molecule has 0 N–H and O–H groups in total. The predicted octanol–water partition coefficient (Wildman–Crippen LogP) is 3.71. The van der Waals surface area contributed by atoms with Crippen molar-refractivity contribution >= 4 is 17.7 Å². The second-order valence-electron chi connectivity index (χ2n) is 3.95. The van der Waals surface area contributed by atoms with E-state index in [0.717, 1.165) is 11.3 Å². The fourth-order valence-electron chi connectivity index (χ4n) is 1.69. The van der Waals surface area contributed by atoms with Gasteiger partial charge in [-0.25, -0.2) is 0 Å². The fourth-order valence-corrected chi connectivity index (χ4v) is 1.69. The number of para-hydroxylation sites is 1. The van der Waals surface area contributed by atoms with Gasteiger partial charge in [-0.05, 0) is 23.8 Å². The summed E-state index contributed by atoms with van der Waals surface area (Å²) in [7, 11) is 0. The van der Waals surface area contributed by atoms with Crippen molar-refractivity contribution in [1.29, 1.82) is 0 Å². The Hall–Kier alpha value is -2.35. The Morgan fingerprint density at radius 1 is 0.944 bits per heavy atom. The first kappa shape index (κ1) is 12.1. The molecule has 0 fully saturated rings. The SMILES string of the molecule is CC(=O)N(/C=C/c1ccccc1)c1ccccc1. The average Bonchev–Trinajstić information content (AvgIpc) is 2.41. The van der Waals surface area contributed by atoms with Crippen molar-refractivity contribution in [1.82, 2.24) is 0 Å². The molecule has 0 aliphatic carbocycles. The lowest BCUT2D eigenvalue weighted by atomic mass is 10.2. The Balaban J connectivity index is 2.23. The molecule has 0 saturated heterocycles. The quantitative estimate of drug-likeness (QED) is 0.796. The van der Waals surface area contributed by atoms with Crippen LogP contribution in [0.25, 0.3) is 6.08 Å². The third-order valence-corrected chi connectivity index (χ3v) is 2.59. The van der Waals surface area contributed by atoms with Gasteiger partial charge >= 0.3 is 0 Å². The minimum absolute atomic E-state index is 0.00613. The molecule has 0 saturated carbocycles. The number of hydrogen-bond acceptors (Lipinski definition) is 1. The molecule has 0 aliphatic heterocycles. The van der Waals surface area contributed by atoms with Crippen LogP contribution in [-0.2, 0) is 4.79 Å². The molecule has 0 heterocycles. The van der Waals surface area contributed by atoms with Gasteiger partial charge in [0.1, 0.15) is 0 Å². The Labute approximate surface area is 107 Å². The summed E-state index contributed by atoms with van der Waals surface area (Å²) in [4.78, 5) is 13.3. The molecule has 1 amide bonds. The van der Waals surface area contributed by atoms with E-state index >= 15 is 0 Å². The molecule has 90 valence electrons. The second kappa shape index (κ2) is 5.82. The van der Waals surface area contributed by atoms with E-state index in [2.05, 4.69) is 0 Å². The van der Waals surface area contributed by atoms with E-state index in [4.69, 9.17) is 0 Å². The van der Waals surface area contributed by atoms with E-state index < -0.39 is 0 Å². The van der Waals surface area contributed by atoms with Crippen molar-refractivity contribution in [3.05, 3.63) is 72.4 Å². The summed E-state index contributed by atoms with van der Waals surface area (Å²) in [5.41, 5.74) is 1.94. The first-order valence-corrected chi connectivity index (χ1v) is 5.85. The van der Waals surface area contributed by atoms with E-state index in [9.17, 15) is 4.79 Å². The predicted molar refractivity (Wildman–Crippen MR) is 75.1 cm³/mol. The van der Waals surface area contributed by atoms with E-state index in [0.29, 0.717) is 0 Å². The van der Waals surface area contributed by atoms with Gasteiger partial charge in [-0.2, -0.15) is 0 Å². The molecule has 0 bridgehead atoms. The Bertz CT molecular complexity index is 532. The lowest BCUT2D eigenvalue weighted by molar-refractivity contribution is -0.115. The van der Waals surface area contributed by atoms with Gasteiger partial charge in [0.25, 0.3) is 0 Å². The van der Waals surface area contributed by atoms with Crippen LogP contribution in [0.4, 0.5) is 5.69 Å². The maximum atomic E-state index is 11.6. The van der Waals surface area contributed by atoms with Crippen molar-refractivity contribution in [3.8, 4) is 0 Å². The number of rotatable bonds is 3. The van der Waals surface area contributed by atoms with Gasteiger partial charge in [0.15, 0.2) is 0 Å². The topological polar surface area (TPSA) is 20.3 Å². The summed E-state index contributed by atoms with van der Waals surface area (Å²) in [5, 5.41) is 0. The van der Waals surface area contributed by atoms with Gasteiger partial charge in [0.05, 0.1) is 0 Å². The molecule has 0 radical (unpaired) electrons. The summed E-state index contributed by atoms with van der Waals surface area (Å²) in [6.07, 6.45) is 3.72. The molecule has 2 aromatic carbocycles. The molecule has 18 heavy (non-hydrogen) atoms. The first-order chi connectivity index (χ1) is 8.77. The van der Waals surface area contributed by atoms with Crippen LogP contribution in [0, 0.1) is 0 Å². The van der Waals surface area contributed by atoms with Crippen molar-refractivity contribution in [2.24, 2.45) is 0 Å². The molecule has 0 spiro atoms. The summed E-state index contributed by atoms with van der Waals surface area (Å²) in [6.45, 7) is 1.56. The number of carbonyl (C=O) groups is 1. The van der Waals surface area contributed by atoms with Gasteiger partial charge in [-0.1, -0.05) is 48.5 Å². The average molecular weight is 237 g/mol. The van der Waals surface area contributed by atoms with Crippen LogP contribution in [-0.4, -0.2) is 5.91 Å². The Morgan fingerprint density at radius 2 is 1.50 bits per heavy atom. The summed E-state index contributed by atoms with van der Waals surface area (Å²) in [6, 6.07) is 19.5. The maximum Gasteiger partial charge on any atom is 0.227 e. The van der Waals surface area contributed by atoms with Crippen molar-refractivity contribution in [2.75, 3.05) is 4.90 Å². The smallest absolute Gasteiger partial charge is 0.227 e. The molecule has 2 nitrogen and oxygen atoms in total. The van der Waals surface area contributed by atoms with Gasteiger partial charge in [0, 0.05) is 18.8 Å². The molecule has 2 rings (SSSR count). The molecule has 0 aromatic heterocycles. The molecular weight excluding hydrogens is 222 g/mol. The summed E-state index contributed by atoms with van der Waals surface area (Å²) >= 11 is 0. The third-order valence-electron chi connectivity index (χ3n) is 2.59. The summed E-state index contributed by atoms with van der Waals surface area (Å²) in [5.74, 6) is -0.00613. The van der Waals surface area contributed by atoms with Crippen LogP contribution in [0.1, 0.15) is 12.5 Å². The monoisotopic (exact) mass is 237 g/mol. The Morgan fingerprint density at radius 3 is 2.06 bits per heavy atom. The van der Waals surface area contributed by atoms with E-state index in [1.165, 1.54) is 0 Å². The molecule has 0 atom stereocenters. The van der Waals surface area contributed by atoms with Crippen molar-refractivity contribution < 1.29 is 4.79 Å². The van der Waals surface area contributed by atoms with Crippen LogP contribution in [0.2, 0.25) is 0 Å². The zero-order valence-corrected chi connectivity index (χ0v) is 10.3. The highest BCUT2D eigenvalue weighted by molar-refractivity contribution is 5.94. The van der Waals surface area contributed by atoms with Gasteiger partial charge in [0.2, 0.25) is 5.91 Å². The van der Waals surface area contributed by atoms with E-state index in [-0.39, 0.29) is 5.91 Å². The van der Waals surface area contributed by atoms with E-state index in [1.54, 1.807) is 18.0 Å². The van der Waals surface area contributed by atoms with Crippen LogP contribution < -0.4 is 4.90 Å². The van der Waals surface area contributed by atoms with E-state index in [1.807, 2.05) is 66.7 Å². The number of benzene rings is 2. The standard InChI is InChI=1S/C16H15NO/c1-14(18)17(16-10-6-3-7-11-16)13-12-15-8-4-2-5-9-15/h2-13H,1H3/b13-12+. The number of amides is 1. The first-order valence-electron chi connectivity index (χ1n) is 5.85. The molecule has 0 unspecified atom stereocenters. The highest BCUT2D eigenvalue weighted by Gasteiger charge is 2.06. The second-order valence-corrected chi connectivity index (χ2v) is 3.95. The zero-order chi connectivity index (χ0) is 12.8. The van der Waals surface area contributed by atoms with Crippen LogP contribution >= 0.6 is 0 Å². The highest BCUT2D eigenvalue weighted by Crippen LogP contribution is 2.15. The largest absolute Gasteiger partial charge is 0.288 e. The van der Waals surface area contributed by atoms with Crippen molar-refractivity contribution in [2.45, 2.75) is 6.92 Å². The molecular formula is C16H15NO. The minimum Gasteiger partial charge on any atom is -0.288 e. The van der Waals surface area contributed by atoms with Gasteiger partial charge in [-0.15, -0.1) is 0 Å². The number of nitrogens with zero attached hydrogens (tertiary/aromatic N) is 1.